The third-order valence-electron chi connectivity index (χ3n) is 3.23. The Morgan fingerprint density at radius 3 is 2.37 bits per heavy atom. The molecule has 0 amide bonds. The fraction of sp³-hybridized carbons (Fsp3) is 0.250. The first kappa shape index (κ1) is 15.1. The molecule has 2 aromatic rings. The quantitative estimate of drug-likeness (QED) is 0.432. The minimum Gasteiger partial charge on any atom is -0.129 e. The minimum atomic E-state index is 0.239. The fourth-order valence-electron chi connectivity index (χ4n) is 2.12. The summed E-state index contributed by atoms with van der Waals surface area (Å²) in [4.78, 5) is 1.56. The molecule has 0 saturated heterocycles. The number of aryl methyl sites for hydroxylation is 2. The van der Waals surface area contributed by atoms with E-state index in [0.717, 1.165) is 0 Å². The summed E-state index contributed by atoms with van der Waals surface area (Å²) in [6.45, 7) is 4.29. The summed E-state index contributed by atoms with van der Waals surface area (Å²) in [5, 5.41) is 0. The largest absolute Gasteiger partial charge is 0.129 e. The van der Waals surface area contributed by atoms with Crippen molar-refractivity contribution in [2.75, 3.05) is 6.26 Å². The van der Waals surface area contributed by atoms with Gasteiger partial charge in [-0.15, -0.1) is 11.8 Å². The Kier molecular flexibility index (Phi) is 5.15. The summed E-state index contributed by atoms with van der Waals surface area (Å²) in [5.41, 5.74) is 5.24. The molecule has 0 heterocycles. The van der Waals surface area contributed by atoms with Crippen LogP contribution in [0.2, 0.25) is 0 Å². The number of alkyl halides is 1. The minimum absolute atomic E-state index is 0.239. The van der Waals surface area contributed by atoms with Gasteiger partial charge in [-0.05, 0) is 54.5 Å². The molecule has 1 atom stereocenters. The van der Waals surface area contributed by atoms with E-state index in [1.54, 1.807) is 11.8 Å². The van der Waals surface area contributed by atoms with Gasteiger partial charge in [-0.2, -0.15) is 0 Å². The van der Waals surface area contributed by atoms with Gasteiger partial charge in [-0.25, -0.2) is 0 Å². The van der Waals surface area contributed by atoms with Crippen LogP contribution in [0.1, 0.15) is 27.1 Å². The Morgan fingerprint density at radius 2 is 1.68 bits per heavy atom. The Labute approximate surface area is 136 Å². The molecule has 0 aliphatic carbocycles. The third kappa shape index (κ3) is 3.26. The topological polar surface area (TPSA) is 0 Å². The van der Waals surface area contributed by atoms with Crippen LogP contribution in [0.3, 0.4) is 0 Å². The number of hydrogen-bond acceptors (Lipinski definition) is 1. The second kappa shape index (κ2) is 6.47. The van der Waals surface area contributed by atoms with E-state index in [0.29, 0.717) is 0 Å². The first-order chi connectivity index (χ1) is 9.04. The molecule has 3 heteroatoms. The normalized spacial score (nSPS) is 12.5. The van der Waals surface area contributed by atoms with Gasteiger partial charge in [0.2, 0.25) is 0 Å². The Bertz CT molecular complexity index is 593. The number of benzene rings is 2. The molecule has 0 aliphatic heterocycles. The van der Waals surface area contributed by atoms with Crippen LogP contribution in [0, 0.1) is 13.8 Å². The predicted molar refractivity (Wildman–Crippen MR) is 92.6 cm³/mol. The zero-order valence-corrected chi connectivity index (χ0v) is 15.2. The molecule has 2 rings (SSSR count). The molecule has 0 aromatic heterocycles. The van der Waals surface area contributed by atoms with E-state index in [1.807, 2.05) is 0 Å². The molecule has 0 fully saturated rings. The highest BCUT2D eigenvalue weighted by Gasteiger charge is 2.16. The van der Waals surface area contributed by atoms with E-state index in [1.165, 1.54) is 31.6 Å². The maximum absolute atomic E-state index is 3.87. The molecular formula is C16H16Br2S. The van der Waals surface area contributed by atoms with Crippen LogP contribution in [0.5, 0.6) is 0 Å². The van der Waals surface area contributed by atoms with Crippen LogP contribution < -0.4 is 0 Å². The number of hydrogen-bond donors (Lipinski definition) is 0. The highest BCUT2D eigenvalue weighted by Crippen LogP contribution is 2.38. The molecule has 0 N–H and O–H groups in total. The summed E-state index contributed by atoms with van der Waals surface area (Å²) in [6.07, 6.45) is 2.12. The van der Waals surface area contributed by atoms with Crippen molar-refractivity contribution in [3.05, 3.63) is 63.1 Å². The average Bonchev–Trinajstić information content (AvgIpc) is 2.42. The second-order valence-corrected chi connectivity index (χ2v) is 7.18. The van der Waals surface area contributed by atoms with E-state index < -0.39 is 0 Å². The number of halogens is 2. The Balaban J connectivity index is 2.50. The lowest BCUT2D eigenvalue weighted by molar-refractivity contribution is 1.08. The monoisotopic (exact) mass is 398 g/mol. The zero-order chi connectivity index (χ0) is 14.0. The smallest absolute Gasteiger partial charge is 0.0658 e. The van der Waals surface area contributed by atoms with Crippen molar-refractivity contribution >= 4 is 43.6 Å². The van der Waals surface area contributed by atoms with Crippen molar-refractivity contribution in [1.29, 1.82) is 0 Å². The first-order valence-electron chi connectivity index (χ1n) is 6.08. The van der Waals surface area contributed by atoms with E-state index in [9.17, 15) is 0 Å². The maximum atomic E-state index is 3.87. The van der Waals surface area contributed by atoms with Crippen LogP contribution in [0.4, 0.5) is 0 Å². The highest BCUT2D eigenvalue weighted by atomic mass is 79.9. The molecule has 0 radical (unpaired) electrons. The van der Waals surface area contributed by atoms with Crippen LogP contribution in [-0.2, 0) is 0 Å². The van der Waals surface area contributed by atoms with Gasteiger partial charge in [0.05, 0.1) is 4.83 Å². The lowest BCUT2D eigenvalue weighted by atomic mass is 9.98. The van der Waals surface area contributed by atoms with Gasteiger partial charge in [0.25, 0.3) is 0 Å². The SMILES string of the molecule is CSc1ccccc1C(Br)c1cc(C)c(Br)cc1C. The number of thioether (sulfide) groups is 1. The van der Waals surface area contributed by atoms with E-state index >= 15 is 0 Å². The fourth-order valence-corrected chi connectivity index (χ4v) is 4.26. The molecule has 2 aromatic carbocycles. The van der Waals surface area contributed by atoms with Crippen molar-refractivity contribution in [3.8, 4) is 0 Å². The first-order valence-corrected chi connectivity index (χ1v) is 9.01. The lowest BCUT2D eigenvalue weighted by Gasteiger charge is -2.18. The third-order valence-corrected chi connectivity index (χ3v) is 5.88. The average molecular weight is 400 g/mol. The van der Waals surface area contributed by atoms with Gasteiger partial charge in [-0.1, -0.05) is 56.1 Å². The zero-order valence-electron chi connectivity index (χ0n) is 11.2. The molecule has 0 bridgehead atoms. The molecule has 0 aliphatic rings. The summed E-state index contributed by atoms with van der Waals surface area (Å²) in [7, 11) is 0. The van der Waals surface area contributed by atoms with E-state index in [-0.39, 0.29) is 4.83 Å². The van der Waals surface area contributed by atoms with E-state index in [4.69, 9.17) is 0 Å². The molecule has 0 nitrogen and oxygen atoms in total. The van der Waals surface area contributed by atoms with Gasteiger partial charge < -0.3 is 0 Å². The van der Waals surface area contributed by atoms with E-state index in [2.05, 4.69) is 88.4 Å². The van der Waals surface area contributed by atoms with Crippen LogP contribution in [-0.4, -0.2) is 6.26 Å². The van der Waals surface area contributed by atoms with Gasteiger partial charge in [0, 0.05) is 9.37 Å². The Hall–Kier alpha value is -0.250. The van der Waals surface area contributed by atoms with Gasteiger partial charge >= 0.3 is 0 Å². The summed E-state index contributed by atoms with van der Waals surface area (Å²) in [6, 6.07) is 13.0. The Morgan fingerprint density at radius 1 is 1.00 bits per heavy atom. The van der Waals surface area contributed by atoms with Gasteiger partial charge in [-0.3, -0.25) is 0 Å². The van der Waals surface area contributed by atoms with Crippen molar-refractivity contribution in [2.45, 2.75) is 23.6 Å². The lowest BCUT2D eigenvalue weighted by Crippen LogP contribution is -1.99. The predicted octanol–water partition coefficient (Wildman–Crippen LogP) is 6.27. The molecule has 0 saturated carbocycles. The molecule has 100 valence electrons. The van der Waals surface area contributed by atoms with Crippen LogP contribution in [0.15, 0.2) is 45.8 Å². The van der Waals surface area contributed by atoms with Gasteiger partial charge in [0.15, 0.2) is 0 Å². The molecule has 1 unspecified atom stereocenters. The van der Waals surface area contributed by atoms with Crippen molar-refractivity contribution < 1.29 is 0 Å². The molecule has 19 heavy (non-hydrogen) atoms. The van der Waals surface area contributed by atoms with Gasteiger partial charge in [0.1, 0.15) is 0 Å². The van der Waals surface area contributed by atoms with Crippen LogP contribution in [0.25, 0.3) is 0 Å². The van der Waals surface area contributed by atoms with Crippen molar-refractivity contribution in [1.82, 2.24) is 0 Å². The van der Waals surface area contributed by atoms with Crippen molar-refractivity contribution in [3.63, 3.8) is 0 Å². The van der Waals surface area contributed by atoms with Crippen LogP contribution >= 0.6 is 43.6 Å². The summed E-state index contributed by atoms with van der Waals surface area (Å²) in [5.74, 6) is 0. The second-order valence-electron chi connectivity index (χ2n) is 4.56. The maximum Gasteiger partial charge on any atom is 0.0658 e. The molecule has 0 spiro atoms. The standard InChI is InChI=1S/C16H16Br2S/c1-10-9-14(17)11(2)8-13(10)16(18)12-6-4-5-7-15(12)19-3/h4-9,16H,1-3H3. The molecular weight excluding hydrogens is 384 g/mol. The summed E-state index contributed by atoms with van der Waals surface area (Å²) >= 11 is 9.25. The summed E-state index contributed by atoms with van der Waals surface area (Å²) < 4.78 is 1.17. The van der Waals surface area contributed by atoms with Crippen molar-refractivity contribution in [2.24, 2.45) is 0 Å². The highest BCUT2D eigenvalue weighted by molar-refractivity contribution is 9.10. The number of rotatable bonds is 3.